The Morgan fingerprint density at radius 2 is 1.97 bits per heavy atom. The maximum absolute atomic E-state index is 14.7. The van der Waals surface area contributed by atoms with Crippen LogP contribution in [0.2, 0.25) is 5.02 Å². The first-order valence-corrected chi connectivity index (χ1v) is 12.5. The second-order valence-electron chi connectivity index (χ2n) is 9.46. The summed E-state index contributed by atoms with van der Waals surface area (Å²) < 4.78 is 31.8. The first kappa shape index (κ1) is 23.6. The maximum Gasteiger partial charge on any atom is 0.256 e. The van der Waals surface area contributed by atoms with Crippen molar-refractivity contribution in [1.29, 1.82) is 0 Å². The van der Waals surface area contributed by atoms with Crippen molar-refractivity contribution in [2.45, 2.75) is 6.42 Å². The predicted molar refractivity (Wildman–Crippen MR) is 136 cm³/mol. The van der Waals surface area contributed by atoms with Gasteiger partial charge >= 0.3 is 0 Å². The highest BCUT2D eigenvalue weighted by molar-refractivity contribution is 6.31. The second kappa shape index (κ2) is 9.59. The number of benzene rings is 3. The van der Waals surface area contributed by atoms with E-state index in [0.717, 1.165) is 34.9 Å². The molecule has 0 spiro atoms. The number of carbonyl (C=O) groups excluding carboxylic acids is 2. The zero-order chi connectivity index (χ0) is 25.5. The maximum atomic E-state index is 14.7. The summed E-state index contributed by atoms with van der Waals surface area (Å²) >= 11 is 6.29. The van der Waals surface area contributed by atoms with Crippen molar-refractivity contribution in [3.05, 3.63) is 70.5 Å². The number of nitrogens with one attached hydrogen (secondary N) is 1. The first-order valence-electron chi connectivity index (χ1n) is 12.1. The number of hydrogen-bond acceptors (Lipinski definition) is 6. The number of halogens is 2. The molecule has 7 nitrogen and oxygen atoms in total. The molecule has 0 bridgehead atoms. The number of amides is 1. The predicted octanol–water partition coefficient (Wildman–Crippen LogP) is 4.61. The van der Waals surface area contributed by atoms with Gasteiger partial charge in [-0.25, -0.2) is 4.39 Å². The standard InChI is InChI=1S/C28H24ClFN2O5/c29-19-2-4-26(21(8-19)17-1-3-25-18(7-17)5-6-35-25)36-14-16-12-32(13-16)28(34)22-9-24-27(10-23(22)30)37-15-20(33)11-31-24/h1-4,7-10,16,31H,5-6,11-15H2. The summed E-state index contributed by atoms with van der Waals surface area (Å²) in [5.41, 5.74) is 3.45. The molecule has 1 saturated heterocycles. The van der Waals surface area contributed by atoms with Crippen LogP contribution in [0.25, 0.3) is 11.1 Å². The number of rotatable bonds is 5. The summed E-state index contributed by atoms with van der Waals surface area (Å²) in [4.78, 5) is 26.1. The summed E-state index contributed by atoms with van der Waals surface area (Å²) in [6, 6.07) is 14.2. The van der Waals surface area contributed by atoms with Gasteiger partial charge in [0.05, 0.1) is 31.0 Å². The Morgan fingerprint density at radius 1 is 1.11 bits per heavy atom. The minimum atomic E-state index is -0.676. The molecule has 3 heterocycles. The van der Waals surface area contributed by atoms with E-state index in [-0.39, 0.29) is 36.2 Å². The van der Waals surface area contributed by atoms with Crippen molar-refractivity contribution in [3.63, 3.8) is 0 Å². The van der Waals surface area contributed by atoms with Gasteiger partial charge in [-0.3, -0.25) is 9.59 Å². The lowest BCUT2D eigenvalue weighted by atomic mass is 9.98. The van der Waals surface area contributed by atoms with E-state index >= 15 is 0 Å². The van der Waals surface area contributed by atoms with Gasteiger partial charge in [-0.1, -0.05) is 17.7 Å². The van der Waals surface area contributed by atoms with Crippen LogP contribution < -0.4 is 19.5 Å². The smallest absolute Gasteiger partial charge is 0.256 e. The van der Waals surface area contributed by atoms with Gasteiger partial charge in [0.1, 0.15) is 29.7 Å². The van der Waals surface area contributed by atoms with Crippen LogP contribution in [0.1, 0.15) is 15.9 Å². The van der Waals surface area contributed by atoms with Crippen LogP contribution >= 0.6 is 11.6 Å². The second-order valence-corrected chi connectivity index (χ2v) is 9.89. The highest BCUT2D eigenvalue weighted by Gasteiger charge is 2.34. The molecule has 0 atom stereocenters. The SMILES string of the molecule is O=C1CNc2cc(C(=O)N3CC(COc4ccc(Cl)cc4-c4ccc5c(c4)CCO5)C3)c(F)cc2OC1. The molecule has 0 saturated carbocycles. The highest BCUT2D eigenvalue weighted by atomic mass is 35.5. The average Bonchev–Trinajstić information content (AvgIpc) is 3.26. The molecule has 190 valence electrons. The number of anilines is 1. The molecule has 1 N–H and O–H groups in total. The molecular weight excluding hydrogens is 499 g/mol. The van der Waals surface area contributed by atoms with Crippen LogP contribution in [0.4, 0.5) is 10.1 Å². The zero-order valence-corrected chi connectivity index (χ0v) is 20.6. The van der Waals surface area contributed by atoms with E-state index in [0.29, 0.717) is 42.8 Å². The molecule has 0 aliphatic carbocycles. The van der Waals surface area contributed by atoms with Gasteiger partial charge < -0.3 is 24.4 Å². The Hall–Kier alpha value is -3.78. The van der Waals surface area contributed by atoms with Crippen LogP contribution in [0.5, 0.6) is 17.2 Å². The Morgan fingerprint density at radius 3 is 2.84 bits per heavy atom. The summed E-state index contributed by atoms with van der Waals surface area (Å²) in [5, 5.41) is 3.52. The van der Waals surface area contributed by atoms with E-state index < -0.39 is 11.7 Å². The molecule has 37 heavy (non-hydrogen) atoms. The number of fused-ring (bicyclic) bond motifs is 2. The fourth-order valence-electron chi connectivity index (χ4n) is 4.81. The fraction of sp³-hybridized carbons (Fsp3) is 0.286. The summed E-state index contributed by atoms with van der Waals surface area (Å²) in [5.74, 6) is 0.740. The normalized spacial score (nSPS) is 16.5. The van der Waals surface area contributed by atoms with Gasteiger partial charge in [-0.15, -0.1) is 0 Å². The number of Topliss-reactive ketones (excluding diaryl/α,β-unsaturated/α-hetero) is 1. The van der Waals surface area contributed by atoms with E-state index in [2.05, 4.69) is 11.4 Å². The molecule has 3 aliphatic rings. The Labute approximate surface area is 218 Å². The lowest BCUT2D eigenvalue weighted by molar-refractivity contribution is -0.119. The van der Waals surface area contributed by atoms with Crippen LogP contribution in [0, 0.1) is 11.7 Å². The van der Waals surface area contributed by atoms with Gasteiger partial charge in [-0.2, -0.15) is 0 Å². The molecule has 1 fully saturated rings. The van der Waals surface area contributed by atoms with E-state index in [1.165, 1.54) is 6.07 Å². The summed E-state index contributed by atoms with van der Waals surface area (Å²) in [6.45, 7) is 1.95. The zero-order valence-electron chi connectivity index (χ0n) is 19.9. The van der Waals surface area contributed by atoms with Crippen molar-refractivity contribution in [3.8, 4) is 28.4 Å². The Balaban J connectivity index is 1.11. The van der Waals surface area contributed by atoms with Crippen LogP contribution in [-0.4, -0.2) is 56.0 Å². The minimum absolute atomic E-state index is 0.0517. The molecule has 9 heteroatoms. The molecule has 0 radical (unpaired) electrons. The topological polar surface area (TPSA) is 77.1 Å². The van der Waals surface area contributed by atoms with Gasteiger partial charge in [-0.05, 0) is 47.5 Å². The number of nitrogens with zero attached hydrogens (tertiary/aromatic N) is 1. The van der Waals surface area contributed by atoms with Crippen LogP contribution in [0.3, 0.4) is 0 Å². The number of ketones is 1. The summed E-state index contributed by atoms with van der Waals surface area (Å²) in [7, 11) is 0. The molecule has 3 aromatic rings. The van der Waals surface area contributed by atoms with Crippen molar-refractivity contribution in [1.82, 2.24) is 4.90 Å². The molecule has 6 rings (SSSR count). The van der Waals surface area contributed by atoms with Crippen molar-refractivity contribution in [2.75, 3.05) is 44.8 Å². The molecule has 1 amide bonds. The molecular formula is C28H24ClFN2O5. The lowest BCUT2D eigenvalue weighted by Gasteiger charge is -2.39. The number of likely N-dealkylation sites (tertiary alicyclic amines) is 1. The van der Waals surface area contributed by atoms with Crippen LogP contribution in [0.15, 0.2) is 48.5 Å². The van der Waals surface area contributed by atoms with Gasteiger partial charge in [0.2, 0.25) is 0 Å². The molecule has 0 unspecified atom stereocenters. The van der Waals surface area contributed by atoms with Gasteiger partial charge in [0.15, 0.2) is 5.78 Å². The molecule has 3 aromatic carbocycles. The van der Waals surface area contributed by atoms with E-state index in [1.54, 1.807) is 11.0 Å². The third kappa shape index (κ3) is 4.69. The Kier molecular flexibility index (Phi) is 6.12. The quantitative estimate of drug-likeness (QED) is 0.527. The Bertz CT molecular complexity index is 1410. The van der Waals surface area contributed by atoms with E-state index in [9.17, 15) is 14.0 Å². The van der Waals surface area contributed by atoms with Gasteiger partial charge in [0, 0.05) is 42.1 Å². The largest absolute Gasteiger partial charge is 0.493 e. The number of ether oxygens (including phenoxy) is 3. The monoisotopic (exact) mass is 522 g/mol. The number of carbonyl (C=O) groups is 2. The third-order valence-electron chi connectivity index (χ3n) is 6.83. The van der Waals surface area contributed by atoms with Crippen molar-refractivity contribution >= 4 is 29.0 Å². The molecule has 0 aromatic heterocycles. The average molecular weight is 523 g/mol. The number of hydrogen-bond donors (Lipinski definition) is 1. The van der Waals surface area contributed by atoms with Gasteiger partial charge in [0.25, 0.3) is 5.91 Å². The van der Waals surface area contributed by atoms with Crippen molar-refractivity contribution in [2.24, 2.45) is 5.92 Å². The minimum Gasteiger partial charge on any atom is -0.493 e. The third-order valence-corrected chi connectivity index (χ3v) is 7.06. The highest BCUT2D eigenvalue weighted by Crippen LogP contribution is 2.37. The summed E-state index contributed by atoms with van der Waals surface area (Å²) in [6.07, 6.45) is 0.873. The fourth-order valence-corrected chi connectivity index (χ4v) is 4.98. The van der Waals surface area contributed by atoms with Crippen LogP contribution in [-0.2, 0) is 11.2 Å². The lowest BCUT2D eigenvalue weighted by Crippen LogP contribution is -2.52. The first-order chi connectivity index (χ1) is 17.9. The molecule has 3 aliphatic heterocycles. The van der Waals surface area contributed by atoms with Crippen molar-refractivity contribution < 1.29 is 28.2 Å². The van der Waals surface area contributed by atoms with E-state index in [1.807, 2.05) is 24.3 Å². The van der Waals surface area contributed by atoms with E-state index in [4.69, 9.17) is 25.8 Å².